The fourth-order valence-corrected chi connectivity index (χ4v) is 4.95. The molecular formula is C26H34N6O3S. The van der Waals surface area contributed by atoms with Gasteiger partial charge in [-0.15, -0.1) is 0 Å². The first-order valence-corrected chi connectivity index (χ1v) is 12.5. The minimum atomic E-state index is -0.476. The van der Waals surface area contributed by atoms with Gasteiger partial charge in [-0.2, -0.15) is 5.26 Å². The zero-order chi connectivity index (χ0) is 26.4. The van der Waals surface area contributed by atoms with Crippen LogP contribution in [0.3, 0.4) is 0 Å². The number of hydrogen-bond acceptors (Lipinski definition) is 6. The quantitative estimate of drug-likeness (QED) is 0.515. The van der Waals surface area contributed by atoms with E-state index >= 15 is 0 Å². The maximum Gasteiger partial charge on any atom is 0.279 e. The third kappa shape index (κ3) is 6.89. The molecule has 1 aromatic rings. The van der Waals surface area contributed by atoms with Crippen LogP contribution in [-0.4, -0.2) is 78.8 Å². The van der Waals surface area contributed by atoms with E-state index in [1.54, 1.807) is 37.2 Å². The maximum atomic E-state index is 13.1. The van der Waals surface area contributed by atoms with Gasteiger partial charge in [-0.25, -0.2) is 0 Å². The monoisotopic (exact) mass is 510 g/mol. The third-order valence-electron chi connectivity index (χ3n) is 6.76. The van der Waals surface area contributed by atoms with Gasteiger partial charge in [-0.3, -0.25) is 14.4 Å². The smallest absolute Gasteiger partial charge is 0.279 e. The van der Waals surface area contributed by atoms with Gasteiger partial charge >= 0.3 is 0 Å². The van der Waals surface area contributed by atoms with Gasteiger partial charge in [-0.05, 0) is 57.0 Å². The summed E-state index contributed by atoms with van der Waals surface area (Å²) in [5, 5.41) is 18.2. The Hall–Kier alpha value is -3.29. The number of nitrogens with one attached hydrogen (secondary N) is 3. The molecule has 0 unspecified atom stereocenters. The summed E-state index contributed by atoms with van der Waals surface area (Å²) in [6.07, 6.45) is 2.28. The fraction of sp³-hybridized carbons (Fsp3) is 0.500. The Labute approximate surface area is 217 Å². The van der Waals surface area contributed by atoms with Crippen LogP contribution in [0.4, 0.5) is 0 Å². The lowest BCUT2D eigenvalue weighted by Crippen LogP contribution is -2.57. The van der Waals surface area contributed by atoms with Crippen molar-refractivity contribution in [3.63, 3.8) is 0 Å². The molecular weight excluding hydrogens is 476 g/mol. The van der Waals surface area contributed by atoms with Crippen molar-refractivity contribution in [3.05, 3.63) is 46.7 Å². The van der Waals surface area contributed by atoms with Crippen molar-refractivity contribution in [2.24, 2.45) is 5.92 Å². The van der Waals surface area contributed by atoms with E-state index in [1.807, 2.05) is 20.0 Å². The van der Waals surface area contributed by atoms with E-state index in [4.69, 9.17) is 17.5 Å². The molecule has 1 aliphatic carbocycles. The first-order chi connectivity index (χ1) is 17.1. The summed E-state index contributed by atoms with van der Waals surface area (Å²) in [5.74, 6) is -1.03. The molecule has 1 saturated carbocycles. The average Bonchev–Trinajstić information content (AvgIpc) is 2.86. The zero-order valence-electron chi connectivity index (χ0n) is 21.3. The molecule has 9 nitrogen and oxygen atoms in total. The van der Waals surface area contributed by atoms with Crippen molar-refractivity contribution in [1.29, 1.82) is 5.26 Å². The van der Waals surface area contributed by atoms with Gasteiger partial charge in [0, 0.05) is 56.8 Å². The number of thiocarbonyl (C=S) groups is 1. The minimum Gasteiger partial charge on any atom is -0.349 e. The summed E-state index contributed by atoms with van der Waals surface area (Å²) in [5.41, 5.74) is 2.85. The predicted octanol–water partition coefficient (Wildman–Crippen LogP) is 1.56. The number of nitriles is 1. The number of likely N-dealkylation sites (N-methyl/N-ethyl adjacent to an activating group) is 1. The van der Waals surface area contributed by atoms with E-state index in [9.17, 15) is 14.4 Å². The number of amides is 3. The summed E-state index contributed by atoms with van der Waals surface area (Å²) in [7, 11) is 5.47. The molecule has 36 heavy (non-hydrogen) atoms. The van der Waals surface area contributed by atoms with Crippen molar-refractivity contribution in [2.45, 2.75) is 44.7 Å². The molecule has 3 N–H and O–H groups in total. The molecule has 0 saturated heterocycles. The zero-order valence-corrected chi connectivity index (χ0v) is 22.1. The largest absolute Gasteiger partial charge is 0.349 e. The third-order valence-corrected chi connectivity index (χ3v) is 7.05. The number of carbonyl (C=O) groups excluding carboxylic acids is 3. The van der Waals surface area contributed by atoms with Crippen molar-refractivity contribution in [2.75, 3.05) is 34.2 Å². The van der Waals surface area contributed by atoms with Gasteiger partial charge in [0.25, 0.3) is 11.8 Å². The van der Waals surface area contributed by atoms with Crippen molar-refractivity contribution in [1.82, 2.24) is 25.8 Å². The first kappa shape index (κ1) is 27.3. The van der Waals surface area contributed by atoms with Crippen LogP contribution < -0.4 is 16.0 Å². The average molecular weight is 511 g/mol. The summed E-state index contributed by atoms with van der Waals surface area (Å²) in [6, 6.07) is 7.63. The normalized spacial score (nSPS) is 22.2. The number of rotatable bonds is 5. The number of nitrogens with zero attached hydrogens (tertiary/aromatic N) is 3. The van der Waals surface area contributed by atoms with Gasteiger partial charge in [0.05, 0.1) is 17.7 Å². The summed E-state index contributed by atoms with van der Waals surface area (Å²) >= 11 is 5.40. The van der Waals surface area contributed by atoms with Gasteiger partial charge in [0.1, 0.15) is 0 Å². The minimum absolute atomic E-state index is 0.00597. The molecule has 2 aliphatic rings. The lowest BCUT2D eigenvalue weighted by Gasteiger charge is -2.37. The van der Waals surface area contributed by atoms with Crippen LogP contribution in [0.5, 0.6) is 0 Å². The standard InChI is InChI=1S/C26H34N6O3S/c1-16-15-32(4)11-10-20(16)30-25(36)24(34)29-22-13-19(26(35)31(2)3)8-9-21(22)28-23(33)18-7-5-6-17(12-18)14-27/h5-7,12,19,21-22H,8-11,13,15H2,1-4H3,(H,28,33)(H,29,34)(H,30,36)/t19-,21-,22+/m0/s1. The fourth-order valence-electron chi connectivity index (χ4n) is 4.77. The van der Waals surface area contributed by atoms with Gasteiger partial charge in [0.2, 0.25) is 5.91 Å². The van der Waals surface area contributed by atoms with Crippen LogP contribution in [0.25, 0.3) is 0 Å². The molecule has 0 aromatic heterocycles. The molecule has 3 amide bonds. The first-order valence-electron chi connectivity index (χ1n) is 12.1. The number of carbonyl (C=O) groups is 3. The molecule has 1 heterocycles. The van der Waals surface area contributed by atoms with Crippen molar-refractivity contribution in [3.8, 4) is 6.07 Å². The van der Waals surface area contributed by atoms with Crippen LogP contribution in [0.15, 0.2) is 35.5 Å². The van der Waals surface area contributed by atoms with Crippen molar-refractivity contribution < 1.29 is 14.4 Å². The molecule has 1 fully saturated rings. The van der Waals surface area contributed by atoms with E-state index in [1.165, 1.54) is 6.07 Å². The predicted molar refractivity (Wildman–Crippen MR) is 141 cm³/mol. The second-order valence-electron chi connectivity index (χ2n) is 9.80. The van der Waals surface area contributed by atoms with E-state index in [0.29, 0.717) is 30.4 Å². The van der Waals surface area contributed by atoms with E-state index in [2.05, 4.69) is 20.9 Å². The maximum absolute atomic E-state index is 13.1. The van der Waals surface area contributed by atoms with Gasteiger partial charge < -0.3 is 25.8 Å². The lowest BCUT2D eigenvalue weighted by atomic mass is 9.81. The Bertz CT molecular complexity index is 1110. The van der Waals surface area contributed by atoms with Crippen LogP contribution in [0, 0.1) is 17.2 Å². The van der Waals surface area contributed by atoms with E-state index < -0.39 is 11.9 Å². The van der Waals surface area contributed by atoms with Crippen molar-refractivity contribution >= 4 is 34.9 Å². The van der Waals surface area contributed by atoms with Gasteiger partial charge in [0.15, 0.2) is 4.99 Å². The summed E-state index contributed by atoms with van der Waals surface area (Å²) in [4.78, 5) is 42.5. The van der Waals surface area contributed by atoms with Crippen LogP contribution in [0.1, 0.15) is 48.5 Å². The second kappa shape index (κ2) is 12.1. The van der Waals surface area contributed by atoms with Crippen LogP contribution in [-0.2, 0) is 9.59 Å². The topological polar surface area (TPSA) is 118 Å². The second-order valence-corrected chi connectivity index (χ2v) is 10.2. The number of hydrogen-bond donors (Lipinski definition) is 3. The molecule has 3 atom stereocenters. The van der Waals surface area contributed by atoms with E-state index in [-0.39, 0.29) is 28.8 Å². The lowest BCUT2D eigenvalue weighted by molar-refractivity contribution is -0.134. The van der Waals surface area contributed by atoms with E-state index in [0.717, 1.165) is 30.8 Å². The molecule has 192 valence electrons. The highest BCUT2D eigenvalue weighted by molar-refractivity contribution is 7.82. The highest BCUT2D eigenvalue weighted by Gasteiger charge is 2.37. The van der Waals surface area contributed by atoms with Crippen LogP contribution >= 0.6 is 12.2 Å². The highest BCUT2D eigenvalue weighted by atomic mass is 32.1. The SMILES string of the molecule is CC1=C(NC(=S)C(=O)N[C@@H]2C[C@@H](C(=O)N(C)C)CC[C@@H]2NC(=O)c2cccc(C#N)c2)CCN(C)C1. The Kier molecular flexibility index (Phi) is 9.18. The Morgan fingerprint density at radius 2 is 1.92 bits per heavy atom. The Morgan fingerprint density at radius 1 is 1.17 bits per heavy atom. The molecule has 1 aromatic carbocycles. The number of benzene rings is 1. The summed E-state index contributed by atoms with van der Waals surface area (Å²) < 4.78 is 0. The Balaban J connectivity index is 1.73. The molecule has 3 rings (SSSR count). The molecule has 1 aliphatic heterocycles. The summed E-state index contributed by atoms with van der Waals surface area (Å²) in [6.45, 7) is 3.70. The molecule has 0 spiro atoms. The molecule has 0 radical (unpaired) electrons. The molecule has 0 bridgehead atoms. The highest BCUT2D eigenvalue weighted by Crippen LogP contribution is 2.27. The molecule has 10 heteroatoms. The Morgan fingerprint density at radius 3 is 2.58 bits per heavy atom. The van der Waals surface area contributed by atoms with Gasteiger partial charge in [-0.1, -0.05) is 18.3 Å². The van der Waals surface area contributed by atoms with Crippen LogP contribution in [0.2, 0.25) is 0 Å².